The van der Waals surface area contributed by atoms with E-state index in [4.69, 9.17) is 14.7 Å². The quantitative estimate of drug-likeness (QED) is 0.473. The fraction of sp³-hybridized carbons (Fsp3) is 0.240. The molecule has 0 amide bonds. The van der Waals surface area contributed by atoms with E-state index in [2.05, 4.69) is 26.6 Å². The summed E-state index contributed by atoms with van der Waals surface area (Å²) < 4.78 is 5.79. The SMILES string of the molecule is COc1c(Nc2cc(Cc3cccc(C)n3)nc3c2N=C(C)C3)cccc1-c1cnn(C)n1. The second-order valence-corrected chi connectivity index (χ2v) is 8.16. The second kappa shape index (κ2) is 8.46. The maximum atomic E-state index is 5.79. The van der Waals surface area contributed by atoms with Crippen LogP contribution in [-0.2, 0) is 19.9 Å². The molecule has 1 aromatic carbocycles. The molecule has 1 aliphatic heterocycles. The molecule has 0 atom stereocenters. The zero-order chi connectivity index (χ0) is 22.9. The number of nitrogens with zero attached hydrogens (tertiary/aromatic N) is 6. The summed E-state index contributed by atoms with van der Waals surface area (Å²) >= 11 is 0. The molecule has 33 heavy (non-hydrogen) atoms. The van der Waals surface area contributed by atoms with Gasteiger partial charge in [-0.3, -0.25) is 15.0 Å². The van der Waals surface area contributed by atoms with Crippen LogP contribution in [0.2, 0.25) is 0 Å². The van der Waals surface area contributed by atoms with Crippen LogP contribution in [0.5, 0.6) is 5.75 Å². The lowest BCUT2D eigenvalue weighted by Gasteiger charge is -2.16. The zero-order valence-corrected chi connectivity index (χ0v) is 19.1. The Morgan fingerprint density at radius 3 is 2.64 bits per heavy atom. The normalized spacial score (nSPS) is 12.4. The van der Waals surface area contributed by atoms with E-state index < -0.39 is 0 Å². The highest BCUT2D eigenvalue weighted by atomic mass is 16.5. The third-order valence-corrected chi connectivity index (χ3v) is 5.52. The molecular weight excluding hydrogens is 414 g/mol. The van der Waals surface area contributed by atoms with Crippen molar-refractivity contribution in [2.24, 2.45) is 12.0 Å². The van der Waals surface area contributed by atoms with Crippen molar-refractivity contribution in [3.8, 4) is 17.0 Å². The maximum Gasteiger partial charge on any atom is 0.151 e. The van der Waals surface area contributed by atoms with Crippen molar-refractivity contribution in [1.29, 1.82) is 0 Å². The third kappa shape index (κ3) is 4.19. The van der Waals surface area contributed by atoms with Crippen LogP contribution in [0.4, 0.5) is 17.1 Å². The van der Waals surface area contributed by atoms with Crippen molar-refractivity contribution in [2.75, 3.05) is 12.4 Å². The van der Waals surface area contributed by atoms with Crippen molar-refractivity contribution in [1.82, 2.24) is 25.0 Å². The van der Waals surface area contributed by atoms with Crippen LogP contribution >= 0.6 is 0 Å². The molecule has 8 nitrogen and oxygen atoms in total. The lowest BCUT2D eigenvalue weighted by Crippen LogP contribution is -2.03. The van der Waals surface area contributed by atoms with Crippen LogP contribution in [0, 0.1) is 6.92 Å². The fourth-order valence-electron chi connectivity index (χ4n) is 4.11. The van der Waals surface area contributed by atoms with Gasteiger partial charge in [0.1, 0.15) is 11.4 Å². The molecule has 0 unspecified atom stereocenters. The van der Waals surface area contributed by atoms with Crippen molar-refractivity contribution in [2.45, 2.75) is 26.7 Å². The number of fused-ring (bicyclic) bond motifs is 1. The molecule has 0 fully saturated rings. The molecule has 0 saturated carbocycles. The minimum Gasteiger partial charge on any atom is -0.494 e. The summed E-state index contributed by atoms with van der Waals surface area (Å²) in [6.07, 6.45) is 3.13. The van der Waals surface area contributed by atoms with Crippen LogP contribution < -0.4 is 10.1 Å². The van der Waals surface area contributed by atoms with Crippen molar-refractivity contribution < 1.29 is 4.74 Å². The number of hydrogen-bond acceptors (Lipinski definition) is 7. The predicted octanol–water partition coefficient (Wildman–Crippen LogP) is 4.57. The molecule has 0 saturated heterocycles. The van der Waals surface area contributed by atoms with Gasteiger partial charge < -0.3 is 10.1 Å². The summed E-state index contributed by atoms with van der Waals surface area (Å²) in [5.74, 6) is 0.698. The van der Waals surface area contributed by atoms with Crippen molar-refractivity contribution in [3.63, 3.8) is 0 Å². The average molecular weight is 440 g/mol. The van der Waals surface area contributed by atoms with E-state index in [-0.39, 0.29) is 0 Å². The van der Waals surface area contributed by atoms with Gasteiger partial charge in [0, 0.05) is 48.2 Å². The van der Waals surface area contributed by atoms with Gasteiger partial charge in [-0.25, -0.2) is 0 Å². The van der Waals surface area contributed by atoms with E-state index in [0.29, 0.717) is 12.2 Å². The maximum absolute atomic E-state index is 5.79. The largest absolute Gasteiger partial charge is 0.494 e. The average Bonchev–Trinajstić information content (AvgIpc) is 3.38. The monoisotopic (exact) mass is 439 g/mol. The molecule has 1 aliphatic rings. The van der Waals surface area contributed by atoms with Gasteiger partial charge in [-0.1, -0.05) is 12.1 Å². The van der Waals surface area contributed by atoms with E-state index in [1.54, 1.807) is 20.4 Å². The number of nitrogens with one attached hydrogen (secondary N) is 1. The Kier molecular flexibility index (Phi) is 5.34. The predicted molar refractivity (Wildman–Crippen MR) is 129 cm³/mol. The van der Waals surface area contributed by atoms with Gasteiger partial charge in [-0.15, -0.1) is 0 Å². The smallest absolute Gasteiger partial charge is 0.151 e. The van der Waals surface area contributed by atoms with Crippen LogP contribution in [-0.4, -0.2) is 37.8 Å². The molecule has 0 aliphatic carbocycles. The van der Waals surface area contributed by atoms with Crippen LogP contribution in [0.25, 0.3) is 11.3 Å². The number of rotatable bonds is 6. The topological polar surface area (TPSA) is 90.1 Å². The molecule has 0 spiro atoms. The Labute approximate surface area is 192 Å². The first-order valence-corrected chi connectivity index (χ1v) is 10.8. The molecule has 1 N–H and O–H groups in total. The minimum atomic E-state index is 0.652. The number of hydrogen-bond donors (Lipinski definition) is 1. The molecule has 8 heteroatoms. The second-order valence-electron chi connectivity index (χ2n) is 8.16. The van der Waals surface area contributed by atoms with Gasteiger partial charge >= 0.3 is 0 Å². The Morgan fingerprint density at radius 1 is 1.03 bits per heavy atom. The summed E-state index contributed by atoms with van der Waals surface area (Å²) in [6, 6.07) is 14.0. The molecule has 4 aromatic rings. The van der Waals surface area contributed by atoms with Gasteiger partial charge in [-0.05, 0) is 44.2 Å². The van der Waals surface area contributed by atoms with Crippen LogP contribution in [0.1, 0.15) is 29.7 Å². The minimum absolute atomic E-state index is 0.652. The number of aryl methyl sites for hydroxylation is 2. The molecule has 4 heterocycles. The number of ether oxygens (including phenoxy) is 1. The van der Waals surface area contributed by atoms with E-state index in [9.17, 15) is 0 Å². The fourth-order valence-corrected chi connectivity index (χ4v) is 4.11. The number of aromatic nitrogens is 5. The molecule has 3 aromatic heterocycles. The number of aliphatic imine (C=N–C) groups is 1. The first-order chi connectivity index (χ1) is 16.0. The summed E-state index contributed by atoms with van der Waals surface area (Å²) in [5, 5.41) is 12.2. The summed E-state index contributed by atoms with van der Waals surface area (Å²) in [6.45, 7) is 4.03. The first-order valence-electron chi connectivity index (χ1n) is 10.8. The van der Waals surface area contributed by atoms with Crippen LogP contribution in [0.3, 0.4) is 0 Å². The van der Waals surface area contributed by atoms with Gasteiger partial charge in [0.15, 0.2) is 5.75 Å². The van der Waals surface area contributed by atoms with Gasteiger partial charge in [0.25, 0.3) is 0 Å². The van der Waals surface area contributed by atoms with Gasteiger partial charge in [-0.2, -0.15) is 15.0 Å². The molecule has 166 valence electrons. The highest BCUT2D eigenvalue weighted by molar-refractivity contribution is 5.95. The van der Waals surface area contributed by atoms with Crippen molar-refractivity contribution in [3.05, 3.63) is 71.4 Å². The Balaban J connectivity index is 1.55. The lowest BCUT2D eigenvalue weighted by molar-refractivity contribution is 0.418. The number of anilines is 2. The van der Waals surface area contributed by atoms with Gasteiger partial charge in [0.2, 0.25) is 0 Å². The molecule has 0 bridgehead atoms. The third-order valence-electron chi connectivity index (χ3n) is 5.52. The van der Waals surface area contributed by atoms with E-state index in [1.165, 1.54) is 4.80 Å². The lowest BCUT2D eigenvalue weighted by atomic mass is 10.1. The van der Waals surface area contributed by atoms with E-state index in [0.717, 1.165) is 63.2 Å². The Morgan fingerprint density at radius 2 is 1.88 bits per heavy atom. The van der Waals surface area contributed by atoms with E-state index in [1.807, 2.05) is 50.2 Å². The van der Waals surface area contributed by atoms with Gasteiger partial charge in [0.05, 0.1) is 30.4 Å². The first kappa shape index (κ1) is 20.8. The number of pyridine rings is 2. The van der Waals surface area contributed by atoms with Crippen molar-refractivity contribution >= 4 is 22.8 Å². The van der Waals surface area contributed by atoms with E-state index >= 15 is 0 Å². The highest BCUT2D eigenvalue weighted by Crippen LogP contribution is 2.41. The highest BCUT2D eigenvalue weighted by Gasteiger charge is 2.21. The summed E-state index contributed by atoms with van der Waals surface area (Å²) in [7, 11) is 3.46. The number of para-hydroxylation sites is 1. The standard InChI is InChI=1S/C25H25N7O/c1-15-7-5-8-17(27-15)12-18-13-22(24-21(29-18)11-16(2)28-24)30-20-10-6-9-19(25(20)33-4)23-14-26-32(3)31-23/h5-10,13-14H,11-12H2,1-4H3,(H,29,30). The zero-order valence-electron chi connectivity index (χ0n) is 19.1. The number of methoxy groups -OCH3 is 1. The Bertz CT molecular complexity index is 1370. The molecular formula is C25H25N7O. The molecule has 5 rings (SSSR count). The summed E-state index contributed by atoms with van der Waals surface area (Å²) in [4.78, 5) is 15.8. The number of benzene rings is 1. The summed E-state index contributed by atoms with van der Waals surface area (Å²) in [5.41, 5.74) is 9.17. The molecule has 0 radical (unpaired) electrons. The van der Waals surface area contributed by atoms with Crippen LogP contribution in [0.15, 0.2) is 53.7 Å². The Hall–Kier alpha value is -4.07.